The molecule has 0 aliphatic heterocycles. The van der Waals surface area contributed by atoms with E-state index < -0.39 is 0 Å². The summed E-state index contributed by atoms with van der Waals surface area (Å²) in [6.45, 7) is 2.96. The molecule has 5 nitrogen and oxygen atoms in total. The first-order valence-electron chi connectivity index (χ1n) is 5.11. The molecule has 0 saturated carbocycles. The molecule has 17 heavy (non-hydrogen) atoms. The lowest BCUT2D eigenvalue weighted by molar-refractivity contribution is -0.142. The Hall–Kier alpha value is -2.04. The van der Waals surface area contributed by atoms with Gasteiger partial charge in [-0.05, 0) is 17.7 Å². The predicted molar refractivity (Wildman–Crippen MR) is 62.8 cm³/mol. The van der Waals surface area contributed by atoms with Crippen molar-refractivity contribution >= 4 is 17.6 Å². The van der Waals surface area contributed by atoms with Crippen LogP contribution in [0.2, 0.25) is 0 Å². The van der Waals surface area contributed by atoms with Gasteiger partial charge in [-0.1, -0.05) is 6.07 Å². The molecule has 1 rings (SSSR count). The van der Waals surface area contributed by atoms with Crippen molar-refractivity contribution in [2.45, 2.75) is 20.5 Å². The SMILES string of the molecule is COc1cc(COC(C)=O)ccc1NC(C)=O. The highest BCUT2D eigenvalue weighted by molar-refractivity contribution is 5.90. The minimum Gasteiger partial charge on any atom is -0.495 e. The summed E-state index contributed by atoms with van der Waals surface area (Å²) in [5, 5.41) is 2.64. The molecular formula is C12H15NO4. The van der Waals surface area contributed by atoms with Crippen molar-refractivity contribution in [3.05, 3.63) is 23.8 Å². The second-order valence-electron chi connectivity index (χ2n) is 3.50. The van der Waals surface area contributed by atoms with Gasteiger partial charge < -0.3 is 14.8 Å². The fraction of sp³-hybridized carbons (Fsp3) is 0.333. The van der Waals surface area contributed by atoms with Gasteiger partial charge in [0.15, 0.2) is 0 Å². The smallest absolute Gasteiger partial charge is 0.302 e. The lowest BCUT2D eigenvalue weighted by Gasteiger charge is -2.10. The summed E-state index contributed by atoms with van der Waals surface area (Å²) in [6, 6.07) is 5.18. The van der Waals surface area contributed by atoms with E-state index >= 15 is 0 Å². The molecule has 0 bridgehead atoms. The molecule has 5 heteroatoms. The van der Waals surface area contributed by atoms with E-state index in [4.69, 9.17) is 9.47 Å². The first-order valence-corrected chi connectivity index (χ1v) is 5.11. The predicted octanol–water partition coefficient (Wildman–Crippen LogP) is 1.72. The van der Waals surface area contributed by atoms with E-state index in [0.29, 0.717) is 11.4 Å². The molecule has 0 aliphatic carbocycles. The number of benzene rings is 1. The number of ether oxygens (including phenoxy) is 2. The molecule has 92 valence electrons. The van der Waals surface area contributed by atoms with Crippen molar-refractivity contribution in [2.75, 3.05) is 12.4 Å². The summed E-state index contributed by atoms with van der Waals surface area (Å²) in [5.74, 6) is 0.0239. The molecule has 0 aliphatic rings. The zero-order valence-electron chi connectivity index (χ0n) is 10.1. The van der Waals surface area contributed by atoms with Gasteiger partial charge in [0, 0.05) is 13.8 Å². The van der Waals surface area contributed by atoms with Crippen LogP contribution in [-0.2, 0) is 20.9 Å². The van der Waals surface area contributed by atoms with E-state index in [2.05, 4.69) is 5.32 Å². The van der Waals surface area contributed by atoms with E-state index in [1.807, 2.05) is 0 Å². The topological polar surface area (TPSA) is 64.6 Å². The van der Waals surface area contributed by atoms with Crippen molar-refractivity contribution < 1.29 is 19.1 Å². The molecule has 0 aromatic heterocycles. The molecule has 0 fully saturated rings. The Kier molecular flexibility index (Phi) is 4.51. The number of amides is 1. The van der Waals surface area contributed by atoms with Crippen LogP contribution in [0.3, 0.4) is 0 Å². The molecule has 0 radical (unpaired) electrons. The van der Waals surface area contributed by atoms with E-state index in [1.54, 1.807) is 18.2 Å². The number of carbonyl (C=O) groups is 2. The Morgan fingerprint density at radius 2 is 2.00 bits per heavy atom. The van der Waals surface area contributed by atoms with E-state index in [-0.39, 0.29) is 18.5 Å². The van der Waals surface area contributed by atoms with Crippen LogP contribution >= 0.6 is 0 Å². The number of carbonyl (C=O) groups excluding carboxylic acids is 2. The van der Waals surface area contributed by atoms with Gasteiger partial charge in [0.25, 0.3) is 0 Å². The van der Waals surface area contributed by atoms with Gasteiger partial charge in [-0.2, -0.15) is 0 Å². The summed E-state index contributed by atoms with van der Waals surface area (Å²) in [7, 11) is 1.51. The van der Waals surface area contributed by atoms with Crippen LogP contribution in [0.15, 0.2) is 18.2 Å². The average molecular weight is 237 g/mol. The van der Waals surface area contributed by atoms with Crippen molar-refractivity contribution in [3.63, 3.8) is 0 Å². The van der Waals surface area contributed by atoms with Crippen LogP contribution in [0.1, 0.15) is 19.4 Å². The zero-order valence-corrected chi connectivity index (χ0v) is 10.1. The number of methoxy groups -OCH3 is 1. The number of rotatable bonds is 4. The monoisotopic (exact) mass is 237 g/mol. The average Bonchev–Trinajstić information content (AvgIpc) is 2.26. The summed E-state index contributed by atoms with van der Waals surface area (Å²) in [6.07, 6.45) is 0. The maximum Gasteiger partial charge on any atom is 0.302 e. The van der Waals surface area contributed by atoms with Gasteiger partial charge in [-0.15, -0.1) is 0 Å². The number of esters is 1. The molecule has 1 aromatic rings. The molecule has 0 unspecified atom stereocenters. The van der Waals surface area contributed by atoms with Gasteiger partial charge in [-0.3, -0.25) is 9.59 Å². The quantitative estimate of drug-likeness (QED) is 0.810. The Balaban J connectivity index is 2.84. The van der Waals surface area contributed by atoms with Gasteiger partial charge >= 0.3 is 5.97 Å². The second-order valence-corrected chi connectivity index (χ2v) is 3.50. The molecular weight excluding hydrogens is 222 g/mol. The van der Waals surface area contributed by atoms with Gasteiger partial charge in [0.2, 0.25) is 5.91 Å². The van der Waals surface area contributed by atoms with Gasteiger partial charge in [0.05, 0.1) is 12.8 Å². The number of anilines is 1. The van der Waals surface area contributed by atoms with Crippen LogP contribution in [0.5, 0.6) is 5.75 Å². The fourth-order valence-electron chi connectivity index (χ4n) is 1.30. The normalized spacial score (nSPS) is 9.59. The number of hydrogen-bond donors (Lipinski definition) is 1. The van der Waals surface area contributed by atoms with Crippen molar-refractivity contribution in [1.82, 2.24) is 0 Å². The van der Waals surface area contributed by atoms with Crippen molar-refractivity contribution in [2.24, 2.45) is 0 Å². The van der Waals surface area contributed by atoms with E-state index in [9.17, 15) is 9.59 Å². The third-order valence-electron chi connectivity index (χ3n) is 2.02. The molecule has 0 atom stereocenters. The molecule has 1 aromatic carbocycles. The van der Waals surface area contributed by atoms with E-state index in [1.165, 1.54) is 21.0 Å². The van der Waals surface area contributed by atoms with Gasteiger partial charge in [0.1, 0.15) is 12.4 Å². The molecule has 1 amide bonds. The van der Waals surface area contributed by atoms with E-state index in [0.717, 1.165) is 5.56 Å². The molecule has 1 N–H and O–H groups in total. The molecule has 0 heterocycles. The van der Waals surface area contributed by atoms with Crippen molar-refractivity contribution in [3.8, 4) is 5.75 Å². The first-order chi connectivity index (χ1) is 8.02. The summed E-state index contributed by atoms with van der Waals surface area (Å²) in [5.41, 5.74) is 1.39. The third kappa shape index (κ3) is 4.14. The summed E-state index contributed by atoms with van der Waals surface area (Å²) < 4.78 is 10.0. The van der Waals surface area contributed by atoms with Crippen LogP contribution in [-0.4, -0.2) is 19.0 Å². The Morgan fingerprint density at radius 3 is 2.53 bits per heavy atom. The fourth-order valence-corrected chi connectivity index (χ4v) is 1.30. The number of hydrogen-bond acceptors (Lipinski definition) is 4. The Labute approximate surface area is 99.7 Å². The zero-order chi connectivity index (χ0) is 12.8. The lowest BCUT2D eigenvalue weighted by Crippen LogP contribution is -2.07. The first kappa shape index (κ1) is 13.0. The maximum atomic E-state index is 10.9. The Morgan fingerprint density at radius 1 is 1.29 bits per heavy atom. The minimum absolute atomic E-state index is 0.170. The van der Waals surface area contributed by atoms with Crippen molar-refractivity contribution in [1.29, 1.82) is 0 Å². The van der Waals surface area contributed by atoms with Crippen LogP contribution in [0.4, 0.5) is 5.69 Å². The lowest BCUT2D eigenvalue weighted by atomic mass is 10.2. The minimum atomic E-state index is -0.338. The van der Waals surface area contributed by atoms with Crippen LogP contribution in [0, 0.1) is 0 Å². The second kappa shape index (κ2) is 5.89. The standard InChI is InChI=1S/C12H15NO4/c1-8(14)13-11-5-4-10(6-12(11)16-3)7-17-9(2)15/h4-6H,7H2,1-3H3,(H,13,14). The number of nitrogens with one attached hydrogen (secondary N) is 1. The highest BCUT2D eigenvalue weighted by atomic mass is 16.5. The largest absolute Gasteiger partial charge is 0.495 e. The van der Waals surface area contributed by atoms with Crippen LogP contribution in [0.25, 0.3) is 0 Å². The third-order valence-corrected chi connectivity index (χ3v) is 2.02. The summed E-state index contributed by atoms with van der Waals surface area (Å²) in [4.78, 5) is 21.6. The summed E-state index contributed by atoms with van der Waals surface area (Å²) >= 11 is 0. The molecule has 0 spiro atoms. The van der Waals surface area contributed by atoms with Crippen LogP contribution < -0.4 is 10.1 Å². The maximum absolute atomic E-state index is 10.9. The highest BCUT2D eigenvalue weighted by Gasteiger charge is 2.06. The Bertz CT molecular complexity index is 429. The molecule has 0 saturated heterocycles. The highest BCUT2D eigenvalue weighted by Crippen LogP contribution is 2.25. The van der Waals surface area contributed by atoms with Gasteiger partial charge in [-0.25, -0.2) is 0 Å².